The molecule has 0 fully saturated rings. The highest BCUT2D eigenvalue weighted by molar-refractivity contribution is 5.69. The molecular formula is C11H22O4. The van der Waals surface area contributed by atoms with Crippen molar-refractivity contribution < 1.29 is 19.4 Å². The molecule has 0 aromatic heterocycles. The van der Waals surface area contributed by atoms with Gasteiger partial charge in [0, 0.05) is 20.1 Å². The van der Waals surface area contributed by atoms with E-state index in [0.717, 1.165) is 19.3 Å². The molecule has 0 aromatic carbocycles. The predicted octanol–water partition coefficient (Wildman–Crippen LogP) is 1.51. The smallest absolute Gasteiger partial charge is 0.305 e. The van der Waals surface area contributed by atoms with Crippen molar-refractivity contribution in [3.05, 3.63) is 0 Å². The summed E-state index contributed by atoms with van der Waals surface area (Å²) in [5.41, 5.74) is 0. The maximum atomic E-state index is 11.0. The lowest BCUT2D eigenvalue weighted by molar-refractivity contribution is -0.143. The van der Waals surface area contributed by atoms with Gasteiger partial charge in [0.05, 0.1) is 12.7 Å². The summed E-state index contributed by atoms with van der Waals surface area (Å²) < 4.78 is 9.65. The Labute approximate surface area is 91.6 Å². The minimum Gasteiger partial charge on any atom is -0.466 e. The lowest BCUT2D eigenvalue weighted by atomic mass is 10.1. The fraction of sp³-hybridized carbons (Fsp3) is 0.909. The predicted molar refractivity (Wildman–Crippen MR) is 57.6 cm³/mol. The van der Waals surface area contributed by atoms with Crippen molar-refractivity contribution >= 4 is 5.97 Å². The number of hydrogen-bond donors (Lipinski definition) is 1. The highest BCUT2D eigenvalue weighted by Crippen LogP contribution is 2.07. The number of ether oxygens (including phenoxy) is 2. The second-order valence-corrected chi connectivity index (χ2v) is 3.49. The average molecular weight is 218 g/mol. The van der Waals surface area contributed by atoms with Crippen LogP contribution in [0.25, 0.3) is 0 Å². The molecule has 4 heteroatoms. The van der Waals surface area contributed by atoms with Crippen LogP contribution in [-0.4, -0.2) is 37.5 Å². The van der Waals surface area contributed by atoms with E-state index in [-0.39, 0.29) is 12.1 Å². The van der Waals surface area contributed by atoms with Gasteiger partial charge in [-0.2, -0.15) is 0 Å². The van der Waals surface area contributed by atoms with E-state index in [2.05, 4.69) is 0 Å². The van der Waals surface area contributed by atoms with Gasteiger partial charge >= 0.3 is 5.97 Å². The van der Waals surface area contributed by atoms with Crippen LogP contribution in [0.3, 0.4) is 0 Å². The molecule has 0 aromatic rings. The lowest BCUT2D eigenvalue weighted by Gasteiger charge is -2.09. The molecule has 0 aliphatic heterocycles. The maximum Gasteiger partial charge on any atom is 0.305 e. The second-order valence-electron chi connectivity index (χ2n) is 3.49. The Hall–Kier alpha value is -0.610. The van der Waals surface area contributed by atoms with E-state index in [1.165, 1.54) is 0 Å². The number of rotatable bonds is 9. The minimum absolute atomic E-state index is 0.149. The van der Waals surface area contributed by atoms with Crippen molar-refractivity contribution in [1.29, 1.82) is 0 Å². The van der Waals surface area contributed by atoms with Crippen molar-refractivity contribution in [2.45, 2.75) is 45.1 Å². The van der Waals surface area contributed by atoms with Gasteiger partial charge in [-0.1, -0.05) is 6.42 Å². The molecule has 0 rings (SSSR count). The fourth-order valence-corrected chi connectivity index (χ4v) is 1.28. The molecule has 0 aliphatic rings. The van der Waals surface area contributed by atoms with Crippen molar-refractivity contribution in [2.24, 2.45) is 0 Å². The first-order chi connectivity index (χ1) is 7.20. The molecule has 0 amide bonds. The Morgan fingerprint density at radius 1 is 1.33 bits per heavy atom. The summed E-state index contributed by atoms with van der Waals surface area (Å²) in [6.45, 7) is 2.82. The Morgan fingerprint density at radius 3 is 2.67 bits per heavy atom. The molecule has 0 aliphatic carbocycles. The van der Waals surface area contributed by atoms with Gasteiger partial charge in [-0.3, -0.25) is 4.79 Å². The van der Waals surface area contributed by atoms with Crippen LogP contribution in [0.5, 0.6) is 0 Å². The Balaban J connectivity index is 3.26. The van der Waals surface area contributed by atoms with Crippen molar-refractivity contribution in [3.63, 3.8) is 0 Å². The summed E-state index contributed by atoms with van der Waals surface area (Å²) in [6.07, 6.45) is 3.16. The topological polar surface area (TPSA) is 55.8 Å². The molecule has 0 bridgehead atoms. The van der Waals surface area contributed by atoms with Crippen LogP contribution in [0.2, 0.25) is 0 Å². The number of aliphatic hydroxyl groups excluding tert-OH is 1. The summed E-state index contributed by atoms with van der Waals surface area (Å²) in [4.78, 5) is 11.0. The van der Waals surface area contributed by atoms with E-state index < -0.39 is 0 Å². The summed E-state index contributed by atoms with van der Waals surface area (Å²) in [6, 6.07) is 0. The van der Waals surface area contributed by atoms with E-state index in [1.54, 1.807) is 14.0 Å². The maximum absolute atomic E-state index is 11.0. The first kappa shape index (κ1) is 14.4. The van der Waals surface area contributed by atoms with Gasteiger partial charge in [-0.05, 0) is 26.2 Å². The van der Waals surface area contributed by atoms with E-state index >= 15 is 0 Å². The van der Waals surface area contributed by atoms with Crippen LogP contribution in [0.4, 0.5) is 0 Å². The lowest BCUT2D eigenvalue weighted by Crippen LogP contribution is -2.10. The first-order valence-electron chi connectivity index (χ1n) is 5.53. The van der Waals surface area contributed by atoms with Crippen LogP contribution in [0.1, 0.15) is 39.0 Å². The van der Waals surface area contributed by atoms with Crippen LogP contribution >= 0.6 is 0 Å². The van der Waals surface area contributed by atoms with Crippen LogP contribution in [0, 0.1) is 0 Å². The van der Waals surface area contributed by atoms with Crippen LogP contribution in [-0.2, 0) is 14.3 Å². The van der Waals surface area contributed by atoms with E-state index in [0.29, 0.717) is 26.1 Å². The first-order valence-corrected chi connectivity index (χ1v) is 5.53. The summed E-state index contributed by atoms with van der Waals surface area (Å²) in [7, 11) is 1.62. The molecule has 0 heterocycles. The van der Waals surface area contributed by atoms with Gasteiger partial charge in [0.15, 0.2) is 0 Å². The Bertz CT molecular complexity index is 159. The van der Waals surface area contributed by atoms with Gasteiger partial charge in [0.2, 0.25) is 0 Å². The third-order valence-corrected chi connectivity index (χ3v) is 2.13. The molecular weight excluding hydrogens is 196 g/mol. The number of esters is 1. The highest BCUT2D eigenvalue weighted by atomic mass is 16.5. The largest absolute Gasteiger partial charge is 0.466 e. The molecule has 0 saturated carbocycles. The number of carbonyl (C=O) groups excluding carboxylic acids is 1. The molecule has 1 N–H and O–H groups in total. The fourth-order valence-electron chi connectivity index (χ4n) is 1.28. The van der Waals surface area contributed by atoms with Crippen molar-refractivity contribution in [1.82, 2.24) is 0 Å². The molecule has 0 saturated heterocycles. The van der Waals surface area contributed by atoms with Gasteiger partial charge in [0.25, 0.3) is 0 Å². The summed E-state index contributed by atoms with van der Waals surface area (Å²) >= 11 is 0. The van der Waals surface area contributed by atoms with Crippen molar-refractivity contribution in [2.75, 3.05) is 20.3 Å². The molecule has 0 spiro atoms. The number of hydrogen-bond acceptors (Lipinski definition) is 4. The molecule has 1 atom stereocenters. The normalized spacial score (nSPS) is 12.5. The van der Waals surface area contributed by atoms with Gasteiger partial charge in [0.1, 0.15) is 0 Å². The van der Waals surface area contributed by atoms with Crippen LogP contribution < -0.4 is 0 Å². The average Bonchev–Trinajstić information content (AvgIpc) is 2.22. The molecule has 0 unspecified atom stereocenters. The highest BCUT2D eigenvalue weighted by Gasteiger charge is 2.05. The number of methoxy groups -OCH3 is 1. The molecule has 4 nitrogen and oxygen atoms in total. The zero-order chi connectivity index (χ0) is 11.5. The summed E-state index contributed by atoms with van der Waals surface area (Å²) in [5.74, 6) is -0.149. The minimum atomic E-state index is -0.313. The van der Waals surface area contributed by atoms with E-state index in [1.807, 2.05) is 0 Å². The number of carbonyl (C=O) groups is 1. The third-order valence-electron chi connectivity index (χ3n) is 2.13. The van der Waals surface area contributed by atoms with Crippen LogP contribution in [0.15, 0.2) is 0 Å². The Morgan fingerprint density at radius 2 is 2.07 bits per heavy atom. The Kier molecular flexibility index (Phi) is 9.52. The standard InChI is InChI=1S/C11H22O4/c1-3-15-11(13)7-5-4-6-10(12)8-9-14-2/h10,12H,3-9H2,1-2H3/t10-/m1/s1. The monoisotopic (exact) mass is 218 g/mol. The molecule has 15 heavy (non-hydrogen) atoms. The van der Waals surface area contributed by atoms with Gasteiger partial charge in [-0.15, -0.1) is 0 Å². The molecule has 0 radical (unpaired) electrons. The molecule has 90 valence electrons. The van der Waals surface area contributed by atoms with E-state index in [9.17, 15) is 9.90 Å². The van der Waals surface area contributed by atoms with Gasteiger partial charge in [-0.25, -0.2) is 0 Å². The third kappa shape index (κ3) is 9.69. The number of aliphatic hydroxyl groups is 1. The SMILES string of the molecule is CCOC(=O)CCCC[C@@H](O)CCOC. The van der Waals surface area contributed by atoms with Crippen molar-refractivity contribution in [3.8, 4) is 0 Å². The van der Waals surface area contributed by atoms with E-state index in [4.69, 9.17) is 9.47 Å². The second kappa shape index (κ2) is 9.93. The zero-order valence-corrected chi connectivity index (χ0v) is 9.70. The number of unbranched alkanes of at least 4 members (excludes halogenated alkanes) is 1. The van der Waals surface area contributed by atoms with Gasteiger partial charge < -0.3 is 14.6 Å². The zero-order valence-electron chi connectivity index (χ0n) is 9.70. The summed E-state index contributed by atoms with van der Waals surface area (Å²) in [5, 5.41) is 9.45. The quantitative estimate of drug-likeness (QED) is 0.471.